The van der Waals surface area contributed by atoms with E-state index in [0.717, 1.165) is 82.9 Å². The number of anilines is 1. The van der Waals surface area contributed by atoms with E-state index >= 15 is 0 Å². The van der Waals surface area contributed by atoms with Gasteiger partial charge in [-0.05, 0) is 69.9 Å². The number of nitrogens with one attached hydrogen (secondary N) is 1. The summed E-state index contributed by atoms with van der Waals surface area (Å²) in [6, 6.07) is 9.04. The zero-order valence-electron chi connectivity index (χ0n) is 26.5. The molecule has 0 saturated carbocycles. The van der Waals surface area contributed by atoms with E-state index in [4.69, 9.17) is 0 Å². The molecule has 8 nitrogen and oxygen atoms in total. The number of amides is 1. The minimum Gasteiger partial charge on any atom is -0.367 e. The molecule has 0 spiro atoms. The third-order valence-electron chi connectivity index (χ3n) is 9.49. The smallest absolute Gasteiger partial charge is 0.367 e. The van der Waals surface area contributed by atoms with Gasteiger partial charge < -0.3 is 14.8 Å². The number of aromatic nitrogens is 3. The lowest BCUT2D eigenvalue weighted by molar-refractivity contribution is -0.126. The van der Waals surface area contributed by atoms with Crippen molar-refractivity contribution in [3.05, 3.63) is 51.8 Å². The highest BCUT2D eigenvalue weighted by Crippen LogP contribution is 2.34. The number of aryl methyl sites for hydroxylation is 3. The predicted octanol–water partition coefficient (Wildman–Crippen LogP) is 5.92. The molecule has 6 rings (SSSR count). The Morgan fingerprint density at radius 3 is 2.44 bits per heavy atom. The normalized spacial score (nSPS) is 18.2. The van der Waals surface area contributed by atoms with E-state index < -0.39 is 12.6 Å². The van der Waals surface area contributed by atoms with Gasteiger partial charge in [0.15, 0.2) is 0 Å². The van der Waals surface area contributed by atoms with Crippen molar-refractivity contribution < 1.29 is 18.0 Å². The maximum absolute atomic E-state index is 13.0. The van der Waals surface area contributed by atoms with E-state index in [1.165, 1.54) is 27.7 Å². The van der Waals surface area contributed by atoms with Crippen LogP contribution in [0.4, 0.5) is 19.0 Å². The first-order chi connectivity index (χ1) is 21.5. The second-order valence-corrected chi connectivity index (χ2v) is 13.9. The number of hydrogen-bond donors (Lipinski definition) is 1. The average Bonchev–Trinajstić information content (AvgIpc) is 3.54. The number of carbonyl (C=O) groups is 1. The minimum absolute atomic E-state index is 0.202. The Labute approximate surface area is 266 Å². The van der Waals surface area contributed by atoms with E-state index in [2.05, 4.69) is 68.6 Å². The lowest BCUT2D eigenvalue weighted by Crippen LogP contribution is -2.50. The van der Waals surface area contributed by atoms with E-state index in [9.17, 15) is 18.0 Å². The van der Waals surface area contributed by atoms with Gasteiger partial charge in [0.25, 0.3) is 0 Å². The van der Waals surface area contributed by atoms with Gasteiger partial charge in [0, 0.05) is 85.9 Å². The fraction of sp³-hybridized carbons (Fsp3) is 0.545. The number of halogens is 3. The van der Waals surface area contributed by atoms with Gasteiger partial charge in [0.1, 0.15) is 16.5 Å². The summed E-state index contributed by atoms with van der Waals surface area (Å²) in [5, 5.41) is 5.52. The monoisotopic (exact) mass is 641 g/mol. The average molecular weight is 642 g/mol. The summed E-state index contributed by atoms with van der Waals surface area (Å²) < 4.78 is 41.4. The first-order valence-corrected chi connectivity index (χ1v) is 16.6. The molecule has 0 unspecified atom stereocenters. The van der Waals surface area contributed by atoms with Gasteiger partial charge in [-0.2, -0.15) is 13.2 Å². The van der Waals surface area contributed by atoms with E-state index in [1.54, 1.807) is 13.0 Å². The van der Waals surface area contributed by atoms with Crippen molar-refractivity contribution in [1.82, 2.24) is 29.2 Å². The van der Waals surface area contributed by atoms with Gasteiger partial charge in [-0.1, -0.05) is 6.07 Å². The SMILES string of the molecule is Cc1nc(NC2CCN(Cc3ccc4c(cc(C)n4C[C@H](C)N4CCN(C=O)CC4)c3C)CC2)c2cc(CC(F)(F)F)sc2n1. The Morgan fingerprint density at radius 1 is 1.02 bits per heavy atom. The summed E-state index contributed by atoms with van der Waals surface area (Å²) in [4.78, 5) is 27.7. The zero-order chi connectivity index (χ0) is 31.9. The minimum atomic E-state index is -4.25. The summed E-state index contributed by atoms with van der Waals surface area (Å²) in [6.07, 6.45) is -2.38. The number of alkyl halides is 3. The van der Waals surface area contributed by atoms with Crippen LogP contribution in [0, 0.1) is 20.8 Å². The molecule has 0 bridgehead atoms. The molecule has 45 heavy (non-hydrogen) atoms. The number of piperazine rings is 1. The summed E-state index contributed by atoms with van der Waals surface area (Å²) in [5.74, 6) is 1.20. The van der Waals surface area contributed by atoms with Gasteiger partial charge in [0.2, 0.25) is 6.41 Å². The molecule has 4 aromatic rings. The molecule has 2 fully saturated rings. The third-order valence-corrected chi connectivity index (χ3v) is 10.5. The summed E-state index contributed by atoms with van der Waals surface area (Å²) >= 11 is 1.10. The Bertz CT molecular complexity index is 1670. The number of carbonyl (C=O) groups excluding carboxylic acids is 1. The second-order valence-electron chi connectivity index (χ2n) is 12.7. The standard InChI is InChI=1S/C33H42F3N7OS/c1-21-15-28-23(3)25(5-6-30(28)43(21)18-22(2)42-13-11-41(20-44)12-14-42)19-40-9-7-26(8-10-40)39-31-29-16-27(17-33(34,35)36)45-32(29)38-24(4)37-31/h5-6,15-16,20,22,26H,7-14,17-19H2,1-4H3,(H,37,38,39)/t22-/m0/s1. The van der Waals surface area contributed by atoms with Crippen molar-refractivity contribution in [3.63, 3.8) is 0 Å². The quantitative estimate of drug-likeness (QED) is 0.229. The highest BCUT2D eigenvalue weighted by molar-refractivity contribution is 7.18. The molecule has 1 amide bonds. The largest absolute Gasteiger partial charge is 0.393 e. The maximum Gasteiger partial charge on any atom is 0.393 e. The fourth-order valence-corrected chi connectivity index (χ4v) is 7.98. The van der Waals surface area contributed by atoms with Gasteiger partial charge in [0.05, 0.1) is 11.8 Å². The molecule has 12 heteroatoms. The predicted molar refractivity (Wildman–Crippen MR) is 174 cm³/mol. The van der Waals surface area contributed by atoms with Crippen LogP contribution in [0.2, 0.25) is 0 Å². The first kappa shape index (κ1) is 31.7. The van der Waals surface area contributed by atoms with Crippen molar-refractivity contribution in [2.75, 3.05) is 44.6 Å². The van der Waals surface area contributed by atoms with Crippen LogP contribution in [-0.4, -0.2) is 93.2 Å². The van der Waals surface area contributed by atoms with Crippen LogP contribution < -0.4 is 5.32 Å². The van der Waals surface area contributed by atoms with Crippen molar-refractivity contribution in [3.8, 4) is 0 Å². The molecule has 0 radical (unpaired) electrons. The van der Waals surface area contributed by atoms with Crippen LogP contribution in [0.1, 0.15) is 47.3 Å². The summed E-state index contributed by atoms with van der Waals surface area (Å²) in [6.45, 7) is 15.6. The van der Waals surface area contributed by atoms with E-state index in [-0.39, 0.29) is 10.9 Å². The van der Waals surface area contributed by atoms with Gasteiger partial charge >= 0.3 is 6.18 Å². The Kier molecular flexibility index (Phi) is 9.09. The van der Waals surface area contributed by atoms with Crippen LogP contribution in [0.25, 0.3) is 21.1 Å². The number of hydrogen-bond acceptors (Lipinski definition) is 7. The highest BCUT2D eigenvalue weighted by atomic mass is 32.1. The van der Waals surface area contributed by atoms with Crippen LogP contribution >= 0.6 is 11.3 Å². The molecular formula is C33H42F3N7OS. The zero-order valence-corrected chi connectivity index (χ0v) is 27.3. The van der Waals surface area contributed by atoms with Crippen LogP contribution in [0.3, 0.4) is 0 Å². The van der Waals surface area contributed by atoms with Crippen LogP contribution in [-0.2, 0) is 24.3 Å². The molecular weight excluding hydrogens is 599 g/mol. The molecule has 1 aromatic carbocycles. The first-order valence-electron chi connectivity index (χ1n) is 15.8. The number of thiophene rings is 1. The Balaban J connectivity index is 1.08. The molecule has 2 saturated heterocycles. The number of piperidine rings is 1. The summed E-state index contributed by atoms with van der Waals surface area (Å²) in [7, 11) is 0. The van der Waals surface area contributed by atoms with Crippen LogP contribution in [0.5, 0.6) is 0 Å². The van der Waals surface area contributed by atoms with Crippen molar-refractivity contribution in [1.29, 1.82) is 0 Å². The van der Waals surface area contributed by atoms with Crippen molar-refractivity contribution in [2.24, 2.45) is 0 Å². The lowest BCUT2D eigenvalue weighted by Gasteiger charge is -2.37. The topological polar surface area (TPSA) is 69.5 Å². The maximum atomic E-state index is 13.0. The number of benzene rings is 1. The van der Waals surface area contributed by atoms with Gasteiger partial charge in [-0.15, -0.1) is 11.3 Å². The van der Waals surface area contributed by atoms with Gasteiger partial charge in [-0.25, -0.2) is 9.97 Å². The third kappa shape index (κ3) is 7.12. The van der Waals surface area contributed by atoms with Crippen molar-refractivity contribution in [2.45, 2.75) is 78.3 Å². The molecule has 5 heterocycles. The van der Waals surface area contributed by atoms with E-state index in [0.29, 0.717) is 27.9 Å². The number of fused-ring (bicyclic) bond motifs is 2. The van der Waals surface area contributed by atoms with Gasteiger partial charge in [-0.3, -0.25) is 14.6 Å². The van der Waals surface area contributed by atoms with E-state index in [1.807, 2.05) is 4.90 Å². The molecule has 1 N–H and O–H groups in total. The lowest BCUT2D eigenvalue weighted by atomic mass is 10.0. The molecule has 1 atom stereocenters. The number of rotatable bonds is 9. The Morgan fingerprint density at radius 2 is 1.76 bits per heavy atom. The summed E-state index contributed by atoms with van der Waals surface area (Å²) in [5.41, 5.74) is 5.20. The highest BCUT2D eigenvalue weighted by Gasteiger charge is 2.30. The molecule has 242 valence electrons. The fourth-order valence-electron chi connectivity index (χ4n) is 6.87. The second kappa shape index (κ2) is 12.9. The molecule has 3 aromatic heterocycles. The number of nitrogens with zero attached hydrogens (tertiary/aromatic N) is 6. The molecule has 2 aliphatic rings. The van der Waals surface area contributed by atoms with Crippen molar-refractivity contribution >= 4 is 44.7 Å². The number of likely N-dealkylation sites (tertiary alicyclic amines) is 1. The molecule has 0 aliphatic carbocycles. The molecule has 2 aliphatic heterocycles. The Hall–Kier alpha value is -3.22. The van der Waals surface area contributed by atoms with Crippen LogP contribution in [0.15, 0.2) is 24.3 Å².